The van der Waals surface area contributed by atoms with Crippen molar-refractivity contribution in [3.05, 3.63) is 0 Å². The summed E-state index contributed by atoms with van der Waals surface area (Å²) < 4.78 is 166. The highest BCUT2D eigenvalue weighted by atomic mass is 32.3. The van der Waals surface area contributed by atoms with Crippen LogP contribution in [0, 0.1) is 0 Å². The van der Waals surface area contributed by atoms with Gasteiger partial charge in [0.15, 0.2) is 0 Å². The Morgan fingerprint density at radius 1 is 0.478 bits per heavy atom. The monoisotopic (exact) mass is 428 g/mol. The van der Waals surface area contributed by atoms with Crippen LogP contribution in [0.15, 0.2) is 0 Å². The van der Waals surface area contributed by atoms with Gasteiger partial charge in [0.25, 0.3) is 0 Å². The normalized spacial score (nSPS) is 16.4. The molecule has 0 aromatic carbocycles. The quantitative estimate of drug-likeness (QED) is 0.646. The van der Waals surface area contributed by atoms with Gasteiger partial charge in [-0.05, 0) is 0 Å². The van der Waals surface area contributed by atoms with Crippen molar-refractivity contribution in [1.82, 2.24) is 0 Å². The minimum atomic E-state index is -8.48. The molecule has 0 aromatic heterocycles. The Bertz CT molecular complexity index is 670. The van der Waals surface area contributed by atoms with E-state index in [4.69, 9.17) is 5.11 Å². The fourth-order valence-corrected chi connectivity index (χ4v) is 6.92. The van der Waals surface area contributed by atoms with Crippen molar-refractivity contribution in [2.75, 3.05) is 0 Å². The van der Waals surface area contributed by atoms with Gasteiger partial charge in [-0.3, -0.25) is 0 Å². The Morgan fingerprint density at radius 2 is 0.609 bits per heavy atom. The molecule has 0 heterocycles. The topological polar surface area (TPSA) is 123 Å². The van der Waals surface area contributed by atoms with Crippen molar-refractivity contribution in [3.63, 3.8) is 0 Å². The van der Waals surface area contributed by atoms with Gasteiger partial charge in [-0.15, -0.1) is 0 Å². The largest absolute Gasteiger partial charge is 0.502 e. The average Bonchev–Trinajstić information content (AvgIpc) is 2.22. The van der Waals surface area contributed by atoms with Crippen LogP contribution in [-0.4, -0.2) is 50.5 Å². The molecular weight excluding hydrogens is 427 g/mol. The highest BCUT2D eigenvalue weighted by Gasteiger charge is 2.83. The Labute approximate surface area is 120 Å². The summed E-state index contributed by atoms with van der Waals surface area (Å²) in [6.07, 6.45) is 0. The molecule has 0 saturated heterocycles. The third-order valence-electron chi connectivity index (χ3n) is 1.93. The minimum Gasteiger partial charge on any atom is -0.350 e. The SMILES string of the molecule is O=S(=O)(C(F)(F)F)C(O)(S(=O)(=O)C(F)(F)F)S(=O)(=O)C(F)(F)F. The molecule has 0 rings (SSSR count). The van der Waals surface area contributed by atoms with Crippen LogP contribution in [0.2, 0.25) is 0 Å². The van der Waals surface area contributed by atoms with Crippen LogP contribution in [0.3, 0.4) is 0 Å². The van der Waals surface area contributed by atoms with Crippen LogP contribution < -0.4 is 0 Å². The van der Waals surface area contributed by atoms with Crippen LogP contribution in [0.25, 0.3) is 0 Å². The summed E-state index contributed by atoms with van der Waals surface area (Å²) in [5.41, 5.74) is -21.9. The zero-order valence-electron chi connectivity index (χ0n) is 9.52. The summed E-state index contributed by atoms with van der Waals surface area (Å²) in [6.45, 7) is 0. The number of aliphatic hydroxyl groups is 1. The molecule has 0 atom stereocenters. The lowest BCUT2D eigenvalue weighted by Crippen LogP contribution is -2.63. The van der Waals surface area contributed by atoms with E-state index >= 15 is 0 Å². The number of rotatable bonds is 3. The first-order valence-electron chi connectivity index (χ1n) is 4.15. The van der Waals surface area contributed by atoms with E-state index in [0.29, 0.717) is 0 Å². The lowest BCUT2D eigenvalue weighted by Gasteiger charge is -2.28. The molecule has 19 heteroatoms. The Hall–Kier alpha value is -0.820. The van der Waals surface area contributed by atoms with Crippen molar-refractivity contribution in [3.8, 4) is 0 Å². The van der Waals surface area contributed by atoms with Gasteiger partial charge in [-0.2, -0.15) is 39.5 Å². The molecule has 0 radical (unpaired) electrons. The molecule has 1 N–H and O–H groups in total. The second-order valence-corrected chi connectivity index (χ2v) is 10.3. The molecule has 0 fully saturated rings. The summed E-state index contributed by atoms with van der Waals surface area (Å²) in [6, 6.07) is 0. The highest BCUT2D eigenvalue weighted by Crippen LogP contribution is 2.49. The summed E-state index contributed by atoms with van der Waals surface area (Å²) in [4.78, 5) is 0. The summed E-state index contributed by atoms with van der Waals surface area (Å²) in [5.74, 6) is 0. The van der Waals surface area contributed by atoms with Crippen molar-refractivity contribution in [1.29, 1.82) is 0 Å². The summed E-state index contributed by atoms with van der Waals surface area (Å²) in [7, 11) is -25.4. The van der Waals surface area contributed by atoms with Gasteiger partial charge in [0.1, 0.15) is 0 Å². The lowest BCUT2D eigenvalue weighted by atomic mass is 11.5. The molecule has 0 bridgehead atoms. The van der Waals surface area contributed by atoms with E-state index < -0.39 is 49.6 Å². The molecule has 0 aliphatic rings. The van der Waals surface area contributed by atoms with Crippen molar-refractivity contribution >= 4 is 29.5 Å². The molecule has 140 valence electrons. The van der Waals surface area contributed by atoms with E-state index in [9.17, 15) is 64.8 Å². The molecule has 0 unspecified atom stereocenters. The second kappa shape index (κ2) is 5.09. The first-order chi connectivity index (χ1) is 9.50. The van der Waals surface area contributed by atoms with E-state index in [1.54, 1.807) is 0 Å². The zero-order chi connectivity index (χ0) is 19.5. The van der Waals surface area contributed by atoms with Gasteiger partial charge in [0.2, 0.25) is 0 Å². The van der Waals surface area contributed by atoms with Crippen LogP contribution in [0.4, 0.5) is 39.5 Å². The summed E-state index contributed by atoms with van der Waals surface area (Å²) in [5, 5.41) is 8.68. The van der Waals surface area contributed by atoms with E-state index in [2.05, 4.69) is 0 Å². The van der Waals surface area contributed by atoms with Crippen LogP contribution >= 0.6 is 0 Å². The van der Waals surface area contributed by atoms with Gasteiger partial charge in [0.05, 0.1) is 0 Å². The molecular formula is C4HF9O7S3. The number of hydrogen-bond acceptors (Lipinski definition) is 7. The first-order valence-corrected chi connectivity index (χ1v) is 8.60. The second-order valence-electron chi connectivity index (χ2n) is 3.37. The van der Waals surface area contributed by atoms with Crippen LogP contribution in [0.5, 0.6) is 0 Å². The van der Waals surface area contributed by atoms with Crippen molar-refractivity contribution < 1.29 is 69.9 Å². The molecule has 23 heavy (non-hydrogen) atoms. The fraction of sp³-hybridized carbons (Fsp3) is 1.00. The molecule has 0 spiro atoms. The predicted molar refractivity (Wildman–Crippen MR) is 49.9 cm³/mol. The number of alkyl halides is 9. The minimum absolute atomic E-state index is 7.31. The van der Waals surface area contributed by atoms with Crippen molar-refractivity contribution in [2.45, 2.75) is 20.1 Å². The molecule has 0 aliphatic carbocycles. The Kier molecular flexibility index (Phi) is 4.90. The van der Waals surface area contributed by atoms with Gasteiger partial charge < -0.3 is 5.11 Å². The third-order valence-corrected chi connectivity index (χ3v) is 9.75. The zero-order valence-corrected chi connectivity index (χ0v) is 12.0. The van der Waals surface area contributed by atoms with Gasteiger partial charge in [-0.25, -0.2) is 25.3 Å². The Balaban J connectivity index is 7.45. The average molecular weight is 428 g/mol. The van der Waals surface area contributed by atoms with E-state index in [1.165, 1.54) is 0 Å². The fourth-order valence-electron chi connectivity index (χ4n) is 0.872. The number of sulfone groups is 3. The maximum atomic E-state index is 12.2. The molecule has 0 saturated carbocycles. The van der Waals surface area contributed by atoms with Gasteiger partial charge in [0, 0.05) is 0 Å². The van der Waals surface area contributed by atoms with Gasteiger partial charge in [-0.1, -0.05) is 0 Å². The van der Waals surface area contributed by atoms with Crippen LogP contribution in [-0.2, 0) is 29.5 Å². The summed E-state index contributed by atoms with van der Waals surface area (Å²) >= 11 is 0. The number of hydrogen-bond donors (Lipinski definition) is 1. The third kappa shape index (κ3) is 2.76. The van der Waals surface area contributed by atoms with E-state index in [-0.39, 0.29) is 0 Å². The first kappa shape index (κ1) is 22.2. The standard InChI is InChI=1S/C4HF9O7S3/c5-1(6,7)21(15,16)4(14,22(17,18)2(8,9)10)23(19,20)3(11,12)13/h14H. The molecule has 0 amide bonds. The maximum absolute atomic E-state index is 12.2. The predicted octanol–water partition coefficient (Wildman–Crippen LogP) is 0.394. The smallest absolute Gasteiger partial charge is 0.350 e. The van der Waals surface area contributed by atoms with E-state index in [0.717, 1.165) is 0 Å². The van der Waals surface area contributed by atoms with Crippen molar-refractivity contribution in [2.24, 2.45) is 0 Å². The highest BCUT2D eigenvalue weighted by molar-refractivity contribution is 8.26. The molecule has 7 nitrogen and oxygen atoms in total. The maximum Gasteiger partial charge on any atom is 0.502 e. The van der Waals surface area contributed by atoms with Crippen LogP contribution in [0.1, 0.15) is 0 Å². The van der Waals surface area contributed by atoms with E-state index in [1.807, 2.05) is 0 Å². The lowest BCUT2D eigenvalue weighted by molar-refractivity contribution is -0.0585. The molecule has 0 aromatic rings. The van der Waals surface area contributed by atoms with Gasteiger partial charge >= 0.3 is 49.6 Å². The Morgan fingerprint density at radius 3 is 0.696 bits per heavy atom. The number of halogens is 9. The molecule has 0 aliphatic heterocycles.